The van der Waals surface area contributed by atoms with Gasteiger partial charge in [0.05, 0.1) is 13.5 Å². The average molecular weight is 292 g/mol. The highest BCUT2D eigenvalue weighted by atomic mass is 79.9. The van der Waals surface area contributed by atoms with Crippen LogP contribution in [0.25, 0.3) is 0 Å². The normalized spacial score (nSPS) is 9.94. The van der Waals surface area contributed by atoms with Crippen molar-refractivity contribution in [2.24, 2.45) is 0 Å². The maximum atomic E-state index is 13.5. The van der Waals surface area contributed by atoms with Crippen LogP contribution in [0.1, 0.15) is 6.42 Å². The minimum atomic E-state index is -0.941. The molecule has 1 aromatic carbocycles. The molecule has 1 rings (SSSR count). The Morgan fingerprint density at radius 3 is 2.88 bits per heavy atom. The minimum absolute atomic E-state index is 0.0847. The number of carboxylic acids is 1. The van der Waals surface area contributed by atoms with Gasteiger partial charge in [-0.05, 0) is 12.1 Å². The average Bonchev–Trinajstić information content (AvgIpc) is 2.20. The highest BCUT2D eigenvalue weighted by Crippen LogP contribution is 2.31. The molecule has 0 amide bonds. The van der Waals surface area contributed by atoms with Crippen LogP contribution in [0.2, 0.25) is 0 Å². The van der Waals surface area contributed by atoms with Gasteiger partial charge in [-0.2, -0.15) is 0 Å². The Kier molecular flexibility index (Phi) is 4.54. The van der Waals surface area contributed by atoms with Crippen molar-refractivity contribution in [3.05, 3.63) is 22.4 Å². The Morgan fingerprint density at radius 2 is 2.31 bits per heavy atom. The first-order chi connectivity index (χ1) is 7.54. The molecular weight excluding hydrogens is 281 g/mol. The number of benzene rings is 1. The zero-order valence-electron chi connectivity index (χ0n) is 8.59. The van der Waals surface area contributed by atoms with Crippen LogP contribution in [0.15, 0.2) is 16.6 Å². The lowest BCUT2D eigenvalue weighted by atomic mass is 10.2. The number of ether oxygens (including phenoxy) is 1. The quantitative estimate of drug-likeness (QED) is 0.875. The van der Waals surface area contributed by atoms with Gasteiger partial charge in [0.25, 0.3) is 0 Å². The number of methoxy groups -OCH3 is 1. The SMILES string of the molecule is COc1cc(Br)cc(F)c1NCCC(=O)O. The number of aliphatic carboxylic acids is 1. The van der Waals surface area contributed by atoms with E-state index in [0.29, 0.717) is 10.2 Å². The number of nitrogens with one attached hydrogen (secondary N) is 1. The van der Waals surface area contributed by atoms with Crippen molar-refractivity contribution in [2.45, 2.75) is 6.42 Å². The van der Waals surface area contributed by atoms with Crippen LogP contribution in [-0.2, 0) is 4.79 Å². The van der Waals surface area contributed by atoms with Crippen LogP contribution < -0.4 is 10.1 Å². The fourth-order valence-corrected chi connectivity index (χ4v) is 1.59. The lowest BCUT2D eigenvalue weighted by molar-refractivity contribution is -0.136. The van der Waals surface area contributed by atoms with Gasteiger partial charge < -0.3 is 15.2 Å². The molecular formula is C10H11BrFNO3. The second-order valence-corrected chi connectivity index (χ2v) is 3.95. The van der Waals surface area contributed by atoms with Gasteiger partial charge in [0.1, 0.15) is 11.4 Å². The van der Waals surface area contributed by atoms with Gasteiger partial charge in [-0.15, -0.1) is 0 Å². The van der Waals surface area contributed by atoms with Crippen LogP contribution >= 0.6 is 15.9 Å². The Balaban J connectivity index is 2.81. The second kappa shape index (κ2) is 5.69. The van der Waals surface area contributed by atoms with Gasteiger partial charge in [-0.1, -0.05) is 15.9 Å². The molecule has 0 unspecified atom stereocenters. The number of anilines is 1. The molecule has 0 saturated carbocycles. The van der Waals surface area contributed by atoms with Crippen LogP contribution in [0.5, 0.6) is 5.75 Å². The molecule has 0 atom stereocenters. The van der Waals surface area contributed by atoms with E-state index in [9.17, 15) is 9.18 Å². The van der Waals surface area contributed by atoms with Gasteiger partial charge in [0.15, 0.2) is 5.82 Å². The van der Waals surface area contributed by atoms with Crippen molar-refractivity contribution in [1.82, 2.24) is 0 Å². The Hall–Kier alpha value is -1.30. The molecule has 2 N–H and O–H groups in total. The number of carboxylic acid groups (broad SMARTS) is 1. The monoisotopic (exact) mass is 291 g/mol. The zero-order valence-corrected chi connectivity index (χ0v) is 10.2. The molecule has 0 aliphatic rings. The number of hydrogen-bond acceptors (Lipinski definition) is 3. The van der Waals surface area contributed by atoms with Crippen LogP contribution in [0.4, 0.5) is 10.1 Å². The van der Waals surface area contributed by atoms with Gasteiger partial charge in [-0.25, -0.2) is 4.39 Å². The molecule has 0 heterocycles. The molecule has 4 nitrogen and oxygen atoms in total. The number of halogens is 2. The maximum Gasteiger partial charge on any atom is 0.305 e. The lowest BCUT2D eigenvalue weighted by Crippen LogP contribution is -2.09. The summed E-state index contributed by atoms with van der Waals surface area (Å²) in [5.74, 6) is -1.10. The predicted octanol–water partition coefficient (Wildman–Crippen LogP) is 2.48. The molecule has 88 valence electrons. The molecule has 0 radical (unpaired) electrons. The van der Waals surface area contributed by atoms with E-state index in [1.54, 1.807) is 6.07 Å². The van der Waals surface area contributed by atoms with Gasteiger partial charge >= 0.3 is 5.97 Å². The van der Waals surface area contributed by atoms with E-state index < -0.39 is 11.8 Å². The predicted molar refractivity (Wildman–Crippen MR) is 61.4 cm³/mol. The molecule has 0 aromatic heterocycles. The molecule has 0 saturated heterocycles. The maximum absolute atomic E-state index is 13.5. The summed E-state index contributed by atoms with van der Waals surface area (Å²) < 4.78 is 19.0. The third-order valence-electron chi connectivity index (χ3n) is 1.88. The van der Waals surface area contributed by atoms with E-state index in [0.717, 1.165) is 0 Å². The third-order valence-corrected chi connectivity index (χ3v) is 2.34. The number of carbonyl (C=O) groups is 1. The standard InChI is InChI=1S/C10H11BrFNO3/c1-16-8-5-6(11)4-7(12)10(8)13-3-2-9(14)15/h4-5,13H,2-3H2,1H3,(H,14,15). The largest absolute Gasteiger partial charge is 0.494 e. The van der Waals surface area contributed by atoms with Crippen LogP contribution in [0.3, 0.4) is 0 Å². The van der Waals surface area contributed by atoms with Crippen molar-refractivity contribution >= 4 is 27.6 Å². The third kappa shape index (κ3) is 3.37. The van der Waals surface area contributed by atoms with E-state index in [4.69, 9.17) is 9.84 Å². The Bertz CT molecular complexity index is 398. The lowest BCUT2D eigenvalue weighted by Gasteiger charge is -2.11. The molecule has 0 spiro atoms. The summed E-state index contributed by atoms with van der Waals surface area (Å²) in [5, 5.41) is 11.1. The van der Waals surface area contributed by atoms with Crippen LogP contribution in [0, 0.1) is 5.82 Å². The van der Waals surface area contributed by atoms with Crippen molar-refractivity contribution in [3.8, 4) is 5.75 Å². The fraction of sp³-hybridized carbons (Fsp3) is 0.300. The summed E-state index contributed by atoms with van der Waals surface area (Å²) in [7, 11) is 1.42. The Morgan fingerprint density at radius 1 is 1.62 bits per heavy atom. The summed E-state index contributed by atoms with van der Waals surface area (Å²) in [5.41, 5.74) is 0.173. The van der Waals surface area contributed by atoms with Gasteiger partial charge in [0, 0.05) is 11.0 Å². The van der Waals surface area contributed by atoms with E-state index in [1.807, 2.05) is 0 Å². The zero-order chi connectivity index (χ0) is 12.1. The van der Waals surface area contributed by atoms with Crippen LogP contribution in [-0.4, -0.2) is 24.7 Å². The van der Waals surface area contributed by atoms with Crippen molar-refractivity contribution in [2.75, 3.05) is 19.0 Å². The topological polar surface area (TPSA) is 58.6 Å². The smallest absolute Gasteiger partial charge is 0.305 e. The number of rotatable bonds is 5. The minimum Gasteiger partial charge on any atom is -0.494 e. The summed E-state index contributed by atoms with van der Waals surface area (Å²) in [6, 6.07) is 2.89. The highest BCUT2D eigenvalue weighted by Gasteiger charge is 2.10. The Labute approximate surface area is 101 Å². The second-order valence-electron chi connectivity index (χ2n) is 3.04. The summed E-state index contributed by atoms with van der Waals surface area (Å²) in [6.45, 7) is 0.143. The molecule has 6 heteroatoms. The molecule has 0 aliphatic heterocycles. The van der Waals surface area contributed by atoms with Crippen molar-refractivity contribution < 1.29 is 19.0 Å². The van der Waals surface area contributed by atoms with E-state index >= 15 is 0 Å². The molecule has 0 aliphatic carbocycles. The van der Waals surface area contributed by atoms with Gasteiger partial charge in [-0.3, -0.25) is 4.79 Å². The number of hydrogen-bond donors (Lipinski definition) is 2. The first-order valence-electron chi connectivity index (χ1n) is 4.53. The summed E-state index contributed by atoms with van der Waals surface area (Å²) in [4.78, 5) is 10.3. The molecule has 16 heavy (non-hydrogen) atoms. The molecule has 0 fully saturated rings. The highest BCUT2D eigenvalue weighted by molar-refractivity contribution is 9.10. The summed E-state index contributed by atoms with van der Waals surface area (Å²) in [6.07, 6.45) is -0.0847. The van der Waals surface area contributed by atoms with Crippen molar-refractivity contribution in [1.29, 1.82) is 0 Å². The van der Waals surface area contributed by atoms with E-state index in [2.05, 4.69) is 21.2 Å². The molecule has 0 bridgehead atoms. The summed E-state index contributed by atoms with van der Waals surface area (Å²) >= 11 is 3.14. The fourth-order valence-electron chi connectivity index (χ4n) is 1.18. The van der Waals surface area contributed by atoms with Crippen molar-refractivity contribution in [3.63, 3.8) is 0 Å². The van der Waals surface area contributed by atoms with E-state index in [-0.39, 0.29) is 18.7 Å². The first kappa shape index (κ1) is 12.8. The molecule has 1 aromatic rings. The van der Waals surface area contributed by atoms with Gasteiger partial charge in [0.2, 0.25) is 0 Å². The van der Waals surface area contributed by atoms with E-state index in [1.165, 1.54) is 13.2 Å². The first-order valence-corrected chi connectivity index (χ1v) is 5.32.